The SMILES string of the molecule is C[C@H](OC(=O)c1ccccc1-c1ccccc1C#N)c1nnc(-c2ccccc2)o1. The van der Waals surface area contributed by atoms with Crippen LogP contribution in [0.5, 0.6) is 0 Å². The van der Waals surface area contributed by atoms with Gasteiger partial charge in [0.25, 0.3) is 5.89 Å². The molecule has 1 heterocycles. The van der Waals surface area contributed by atoms with Gasteiger partial charge in [0.15, 0.2) is 6.10 Å². The van der Waals surface area contributed by atoms with Crippen molar-refractivity contribution in [2.24, 2.45) is 0 Å². The molecule has 0 aliphatic rings. The van der Waals surface area contributed by atoms with Crippen LogP contribution in [0.25, 0.3) is 22.6 Å². The lowest BCUT2D eigenvalue weighted by Gasteiger charge is -2.13. The van der Waals surface area contributed by atoms with E-state index < -0.39 is 12.1 Å². The molecule has 4 rings (SSSR count). The predicted octanol–water partition coefficient (Wildman–Crippen LogP) is 5.19. The van der Waals surface area contributed by atoms with E-state index in [1.165, 1.54) is 0 Å². The minimum absolute atomic E-state index is 0.206. The molecule has 3 aromatic carbocycles. The molecular formula is C24H17N3O3. The molecule has 0 bridgehead atoms. The number of esters is 1. The number of hydrogen-bond acceptors (Lipinski definition) is 6. The van der Waals surface area contributed by atoms with Crippen LogP contribution in [0.2, 0.25) is 0 Å². The standard InChI is InChI=1S/C24H17N3O3/c1-16(22-26-27-23(30-22)17-9-3-2-4-10-17)29-24(28)21-14-8-7-13-20(21)19-12-6-5-11-18(19)15-25/h2-14,16H,1H3/t16-/m0/s1. The van der Waals surface area contributed by atoms with E-state index in [0.29, 0.717) is 28.1 Å². The molecule has 0 aliphatic heterocycles. The fraction of sp³-hybridized carbons (Fsp3) is 0.0833. The summed E-state index contributed by atoms with van der Waals surface area (Å²) in [6.45, 7) is 1.67. The van der Waals surface area contributed by atoms with Crippen molar-refractivity contribution in [3.8, 4) is 28.7 Å². The van der Waals surface area contributed by atoms with Gasteiger partial charge in [0.2, 0.25) is 5.89 Å². The van der Waals surface area contributed by atoms with Crippen molar-refractivity contribution in [2.75, 3.05) is 0 Å². The maximum atomic E-state index is 12.9. The number of ether oxygens (including phenoxy) is 1. The minimum Gasteiger partial charge on any atom is -0.449 e. The van der Waals surface area contributed by atoms with Crippen molar-refractivity contribution in [1.82, 2.24) is 10.2 Å². The molecule has 30 heavy (non-hydrogen) atoms. The van der Waals surface area contributed by atoms with Crippen LogP contribution in [0.1, 0.15) is 34.8 Å². The number of carbonyl (C=O) groups excluding carboxylic acids is 1. The van der Waals surface area contributed by atoms with Gasteiger partial charge in [-0.1, -0.05) is 54.6 Å². The molecule has 6 nitrogen and oxygen atoms in total. The molecule has 1 atom stereocenters. The number of carbonyl (C=O) groups is 1. The molecule has 0 saturated heterocycles. The van der Waals surface area contributed by atoms with E-state index in [4.69, 9.17) is 9.15 Å². The zero-order valence-electron chi connectivity index (χ0n) is 16.1. The number of nitriles is 1. The second-order valence-electron chi connectivity index (χ2n) is 6.56. The lowest BCUT2D eigenvalue weighted by molar-refractivity contribution is 0.0281. The first-order valence-corrected chi connectivity index (χ1v) is 9.35. The lowest BCUT2D eigenvalue weighted by atomic mass is 9.96. The number of aromatic nitrogens is 2. The Morgan fingerprint density at radius 3 is 2.37 bits per heavy atom. The third kappa shape index (κ3) is 3.82. The van der Waals surface area contributed by atoms with Crippen LogP contribution < -0.4 is 0 Å². The van der Waals surface area contributed by atoms with E-state index in [9.17, 15) is 10.1 Å². The average molecular weight is 395 g/mol. The zero-order valence-corrected chi connectivity index (χ0v) is 16.1. The van der Waals surface area contributed by atoms with Gasteiger partial charge in [-0.15, -0.1) is 10.2 Å². The molecule has 0 saturated carbocycles. The van der Waals surface area contributed by atoms with Crippen LogP contribution in [0.4, 0.5) is 0 Å². The highest BCUT2D eigenvalue weighted by Crippen LogP contribution is 2.29. The summed E-state index contributed by atoms with van der Waals surface area (Å²) in [6, 6.07) is 25.7. The molecule has 0 amide bonds. The van der Waals surface area contributed by atoms with Crippen LogP contribution in [-0.4, -0.2) is 16.2 Å². The molecule has 0 radical (unpaired) electrons. The van der Waals surface area contributed by atoms with Crippen LogP contribution in [0.15, 0.2) is 83.3 Å². The topological polar surface area (TPSA) is 89.0 Å². The summed E-state index contributed by atoms with van der Waals surface area (Å²) in [6.07, 6.45) is -0.735. The van der Waals surface area contributed by atoms with E-state index in [0.717, 1.165) is 5.56 Å². The summed E-state index contributed by atoms with van der Waals surface area (Å²) in [4.78, 5) is 12.9. The minimum atomic E-state index is -0.735. The van der Waals surface area contributed by atoms with Gasteiger partial charge < -0.3 is 9.15 Å². The Labute approximate surface area is 173 Å². The molecule has 0 N–H and O–H groups in total. The fourth-order valence-corrected chi connectivity index (χ4v) is 3.08. The first-order valence-electron chi connectivity index (χ1n) is 9.35. The highest BCUT2D eigenvalue weighted by Gasteiger charge is 2.22. The van der Waals surface area contributed by atoms with E-state index in [1.807, 2.05) is 42.5 Å². The number of benzene rings is 3. The molecule has 4 aromatic rings. The molecule has 0 fully saturated rings. The van der Waals surface area contributed by atoms with Gasteiger partial charge in [-0.3, -0.25) is 0 Å². The Bertz CT molecular complexity index is 1230. The second-order valence-corrected chi connectivity index (χ2v) is 6.56. The highest BCUT2D eigenvalue weighted by molar-refractivity contribution is 5.98. The van der Waals surface area contributed by atoms with Crippen molar-refractivity contribution >= 4 is 5.97 Å². The van der Waals surface area contributed by atoms with E-state index >= 15 is 0 Å². The van der Waals surface area contributed by atoms with Gasteiger partial charge in [-0.05, 0) is 36.8 Å². The van der Waals surface area contributed by atoms with Crippen molar-refractivity contribution < 1.29 is 13.9 Å². The molecule has 0 aliphatic carbocycles. The first-order chi connectivity index (χ1) is 14.7. The lowest BCUT2D eigenvalue weighted by Crippen LogP contribution is -2.11. The van der Waals surface area contributed by atoms with Gasteiger partial charge in [-0.25, -0.2) is 4.79 Å². The van der Waals surface area contributed by atoms with Gasteiger partial charge in [0, 0.05) is 11.1 Å². The van der Waals surface area contributed by atoms with Crippen LogP contribution in [0.3, 0.4) is 0 Å². The molecule has 146 valence electrons. The molecule has 1 aromatic heterocycles. The number of nitrogens with zero attached hydrogens (tertiary/aromatic N) is 3. The molecular weight excluding hydrogens is 378 g/mol. The van der Waals surface area contributed by atoms with Crippen LogP contribution in [0, 0.1) is 11.3 Å². The second kappa shape index (κ2) is 8.41. The quantitative estimate of drug-likeness (QED) is 0.432. The summed E-state index contributed by atoms with van der Waals surface area (Å²) in [5, 5.41) is 17.4. The highest BCUT2D eigenvalue weighted by atomic mass is 16.6. The van der Waals surface area contributed by atoms with Crippen molar-refractivity contribution in [2.45, 2.75) is 13.0 Å². The van der Waals surface area contributed by atoms with E-state index in [-0.39, 0.29) is 5.89 Å². The van der Waals surface area contributed by atoms with Crippen molar-refractivity contribution in [3.63, 3.8) is 0 Å². The maximum absolute atomic E-state index is 12.9. The third-order valence-electron chi connectivity index (χ3n) is 4.58. The van der Waals surface area contributed by atoms with Crippen LogP contribution in [-0.2, 0) is 4.74 Å². The number of hydrogen-bond donors (Lipinski definition) is 0. The Balaban J connectivity index is 1.58. The van der Waals surface area contributed by atoms with Gasteiger partial charge in [0.05, 0.1) is 17.2 Å². The van der Waals surface area contributed by atoms with Gasteiger partial charge in [0.1, 0.15) is 0 Å². The number of rotatable bonds is 5. The normalized spacial score (nSPS) is 11.5. The van der Waals surface area contributed by atoms with E-state index in [1.54, 1.807) is 43.3 Å². The van der Waals surface area contributed by atoms with Gasteiger partial charge >= 0.3 is 5.97 Å². The zero-order chi connectivity index (χ0) is 20.9. The summed E-state index contributed by atoms with van der Waals surface area (Å²) < 4.78 is 11.3. The van der Waals surface area contributed by atoms with Crippen molar-refractivity contribution in [3.05, 3.63) is 95.9 Å². The monoisotopic (exact) mass is 395 g/mol. The smallest absolute Gasteiger partial charge is 0.339 e. The summed E-state index contributed by atoms with van der Waals surface area (Å²) in [5.74, 6) is 0.0271. The largest absolute Gasteiger partial charge is 0.449 e. The maximum Gasteiger partial charge on any atom is 0.339 e. The Hall–Kier alpha value is -4.24. The fourth-order valence-electron chi connectivity index (χ4n) is 3.08. The first kappa shape index (κ1) is 19.1. The molecule has 0 unspecified atom stereocenters. The molecule has 0 spiro atoms. The summed E-state index contributed by atoms with van der Waals surface area (Å²) in [7, 11) is 0. The predicted molar refractivity (Wildman–Crippen MR) is 110 cm³/mol. The Kier molecular flexibility index (Phi) is 5.35. The summed E-state index contributed by atoms with van der Waals surface area (Å²) >= 11 is 0. The molecule has 6 heteroatoms. The van der Waals surface area contributed by atoms with Crippen molar-refractivity contribution in [1.29, 1.82) is 5.26 Å². The van der Waals surface area contributed by atoms with E-state index in [2.05, 4.69) is 16.3 Å². The third-order valence-corrected chi connectivity index (χ3v) is 4.58. The average Bonchev–Trinajstić information content (AvgIpc) is 3.30. The van der Waals surface area contributed by atoms with Gasteiger partial charge in [-0.2, -0.15) is 5.26 Å². The summed E-state index contributed by atoms with van der Waals surface area (Å²) in [5.41, 5.74) is 2.92. The Morgan fingerprint density at radius 1 is 0.933 bits per heavy atom. The Morgan fingerprint density at radius 2 is 1.60 bits per heavy atom. The van der Waals surface area contributed by atoms with Crippen LogP contribution >= 0.6 is 0 Å².